The third-order valence-corrected chi connectivity index (χ3v) is 4.04. The van der Waals surface area contributed by atoms with Gasteiger partial charge in [0.2, 0.25) is 0 Å². The van der Waals surface area contributed by atoms with Gasteiger partial charge >= 0.3 is 0 Å². The van der Waals surface area contributed by atoms with E-state index in [2.05, 4.69) is 38.6 Å². The van der Waals surface area contributed by atoms with Crippen LogP contribution in [0, 0.1) is 0 Å². The molecular formula is C18H20BrN3O. The van der Waals surface area contributed by atoms with E-state index in [1.54, 1.807) is 24.3 Å². The minimum atomic E-state index is -0.223. The molecule has 0 aliphatic heterocycles. The Morgan fingerprint density at radius 1 is 1.13 bits per heavy atom. The molecule has 2 aromatic carbocycles. The van der Waals surface area contributed by atoms with Crippen LogP contribution in [-0.4, -0.2) is 11.6 Å². The third-order valence-electron chi connectivity index (χ3n) is 3.51. The zero-order valence-corrected chi connectivity index (χ0v) is 14.6. The highest BCUT2D eigenvalue weighted by molar-refractivity contribution is 9.10. The Balaban J connectivity index is 1.91. The van der Waals surface area contributed by atoms with Crippen molar-refractivity contribution in [1.29, 1.82) is 0 Å². The molecule has 1 amide bonds. The lowest BCUT2D eigenvalue weighted by molar-refractivity contribution is 0.0954. The first kappa shape index (κ1) is 17.2. The number of anilines is 1. The third kappa shape index (κ3) is 5.53. The fourth-order valence-corrected chi connectivity index (χ4v) is 2.34. The summed E-state index contributed by atoms with van der Waals surface area (Å²) in [6, 6.07) is 15.0. The molecule has 0 spiro atoms. The molecule has 0 aliphatic carbocycles. The van der Waals surface area contributed by atoms with Crippen LogP contribution in [0.5, 0.6) is 0 Å². The van der Waals surface area contributed by atoms with Crippen molar-refractivity contribution in [3.8, 4) is 0 Å². The summed E-state index contributed by atoms with van der Waals surface area (Å²) in [5, 5.41) is 4.25. The first-order valence-electron chi connectivity index (χ1n) is 7.54. The molecule has 0 saturated carbocycles. The number of amides is 1. The topological polar surface area (TPSA) is 67.5 Å². The number of carbonyl (C=O) groups excluding carboxylic acids is 1. The maximum atomic E-state index is 12.0. The van der Waals surface area contributed by atoms with Crippen molar-refractivity contribution in [1.82, 2.24) is 5.43 Å². The van der Waals surface area contributed by atoms with Gasteiger partial charge in [0.15, 0.2) is 0 Å². The van der Waals surface area contributed by atoms with E-state index in [4.69, 9.17) is 5.73 Å². The van der Waals surface area contributed by atoms with Gasteiger partial charge in [0, 0.05) is 21.4 Å². The molecule has 0 aromatic heterocycles. The quantitative estimate of drug-likeness (QED) is 0.453. The van der Waals surface area contributed by atoms with Gasteiger partial charge in [0.25, 0.3) is 5.91 Å². The van der Waals surface area contributed by atoms with Crippen molar-refractivity contribution in [3.05, 3.63) is 64.1 Å². The van der Waals surface area contributed by atoms with Gasteiger partial charge in [-0.1, -0.05) is 35.0 Å². The van der Waals surface area contributed by atoms with Crippen LogP contribution in [0.15, 0.2) is 58.1 Å². The van der Waals surface area contributed by atoms with E-state index in [0.29, 0.717) is 11.3 Å². The van der Waals surface area contributed by atoms with Crippen LogP contribution in [-0.2, 0) is 6.42 Å². The number of rotatable bonds is 6. The molecule has 0 unspecified atom stereocenters. The zero-order chi connectivity index (χ0) is 16.7. The maximum absolute atomic E-state index is 12.0. The fourth-order valence-electron chi connectivity index (χ4n) is 2.08. The molecule has 0 bridgehead atoms. The summed E-state index contributed by atoms with van der Waals surface area (Å²) >= 11 is 3.43. The molecule has 23 heavy (non-hydrogen) atoms. The van der Waals surface area contributed by atoms with E-state index in [9.17, 15) is 4.79 Å². The monoisotopic (exact) mass is 373 g/mol. The van der Waals surface area contributed by atoms with Crippen molar-refractivity contribution in [2.75, 3.05) is 5.73 Å². The number of nitrogen functional groups attached to an aromatic ring is 1. The summed E-state index contributed by atoms with van der Waals surface area (Å²) in [4.78, 5) is 12.0. The Morgan fingerprint density at radius 2 is 1.78 bits per heavy atom. The number of nitrogens with zero attached hydrogens (tertiary/aromatic N) is 1. The average Bonchev–Trinajstić information content (AvgIpc) is 2.57. The van der Waals surface area contributed by atoms with Crippen LogP contribution in [0.25, 0.3) is 0 Å². The highest BCUT2D eigenvalue weighted by Gasteiger charge is 2.05. The molecule has 5 heteroatoms. The second kappa shape index (κ2) is 8.48. The lowest BCUT2D eigenvalue weighted by atomic mass is 10.1. The molecular weight excluding hydrogens is 354 g/mol. The summed E-state index contributed by atoms with van der Waals surface area (Å²) in [6.45, 7) is 2.04. The van der Waals surface area contributed by atoms with E-state index in [0.717, 1.165) is 29.4 Å². The number of benzene rings is 2. The minimum Gasteiger partial charge on any atom is -0.399 e. The normalized spacial score (nSPS) is 11.3. The molecule has 4 nitrogen and oxygen atoms in total. The number of hydrogen-bond acceptors (Lipinski definition) is 3. The summed E-state index contributed by atoms with van der Waals surface area (Å²) in [5.41, 5.74) is 11.6. The number of nitrogens with one attached hydrogen (secondary N) is 1. The van der Waals surface area contributed by atoms with Gasteiger partial charge in [-0.15, -0.1) is 0 Å². The lowest BCUT2D eigenvalue weighted by Gasteiger charge is -2.06. The van der Waals surface area contributed by atoms with Gasteiger partial charge in [0.1, 0.15) is 0 Å². The molecule has 0 fully saturated rings. The van der Waals surface area contributed by atoms with Crippen molar-refractivity contribution in [2.24, 2.45) is 5.10 Å². The number of hydrogen-bond donors (Lipinski definition) is 2. The van der Waals surface area contributed by atoms with Gasteiger partial charge in [-0.25, -0.2) is 5.43 Å². The van der Waals surface area contributed by atoms with E-state index in [1.807, 2.05) is 19.1 Å². The zero-order valence-electron chi connectivity index (χ0n) is 13.1. The molecule has 2 rings (SSSR count). The van der Waals surface area contributed by atoms with Crippen molar-refractivity contribution < 1.29 is 4.79 Å². The fraction of sp³-hybridized carbons (Fsp3) is 0.222. The van der Waals surface area contributed by atoms with Gasteiger partial charge in [0.05, 0.1) is 0 Å². The van der Waals surface area contributed by atoms with Gasteiger partial charge < -0.3 is 5.73 Å². The predicted molar refractivity (Wildman–Crippen MR) is 98.5 cm³/mol. The van der Waals surface area contributed by atoms with Crippen LogP contribution in [0.2, 0.25) is 0 Å². The molecule has 0 atom stereocenters. The number of aryl methyl sites for hydroxylation is 1. The SMILES string of the molecule is CC/C(CCc1ccc(Br)cc1)=N\NC(=O)c1ccc(N)cc1. The minimum absolute atomic E-state index is 0.223. The number of hydrazone groups is 1. The van der Waals surface area contributed by atoms with E-state index < -0.39 is 0 Å². The van der Waals surface area contributed by atoms with Crippen LogP contribution in [0.1, 0.15) is 35.7 Å². The van der Waals surface area contributed by atoms with Crippen LogP contribution in [0.4, 0.5) is 5.69 Å². The van der Waals surface area contributed by atoms with E-state index >= 15 is 0 Å². The summed E-state index contributed by atoms with van der Waals surface area (Å²) in [5.74, 6) is -0.223. The molecule has 2 aromatic rings. The summed E-state index contributed by atoms with van der Waals surface area (Å²) in [6.07, 6.45) is 2.52. The second-order valence-corrected chi connectivity index (χ2v) is 6.14. The Morgan fingerprint density at radius 3 is 2.39 bits per heavy atom. The highest BCUT2D eigenvalue weighted by atomic mass is 79.9. The second-order valence-electron chi connectivity index (χ2n) is 5.22. The molecule has 0 aliphatic rings. The van der Waals surface area contributed by atoms with Crippen molar-refractivity contribution in [3.63, 3.8) is 0 Å². The highest BCUT2D eigenvalue weighted by Crippen LogP contribution is 2.12. The van der Waals surface area contributed by atoms with Crippen LogP contribution >= 0.6 is 15.9 Å². The molecule has 0 saturated heterocycles. The number of nitrogens with two attached hydrogens (primary N) is 1. The standard InChI is InChI=1S/C18H20BrN3O/c1-2-17(12-5-13-3-8-15(19)9-4-13)21-22-18(23)14-6-10-16(20)11-7-14/h3-4,6-11H,2,5,12,20H2,1H3,(H,22,23)/b21-17+. The van der Waals surface area contributed by atoms with Crippen LogP contribution < -0.4 is 11.2 Å². The van der Waals surface area contributed by atoms with E-state index in [1.165, 1.54) is 5.56 Å². The molecule has 120 valence electrons. The van der Waals surface area contributed by atoms with E-state index in [-0.39, 0.29) is 5.91 Å². The smallest absolute Gasteiger partial charge is 0.271 e. The maximum Gasteiger partial charge on any atom is 0.271 e. The molecule has 0 heterocycles. The van der Waals surface area contributed by atoms with Crippen LogP contribution in [0.3, 0.4) is 0 Å². The summed E-state index contributed by atoms with van der Waals surface area (Å²) < 4.78 is 1.07. The molecule has 3 N–H and O–H groups in total. The Hall–Kier alpha value is -2.14. The first-order valence-corrected chi connectivity index (χ1v) is 8.33. The van der Waals surface area contributed by atoms with Gasteiger partial charge in [-0.05, 0) is 61.2 Å². The number of halogens is 1. The predicted octanol–water partition coefficient (Wildman–Crippen LogP) is 4.16. The number of carbonyl (C=O) groups is 1. The average molecular weight is 374 g/mol. The summed E-state index contributed by atoms with van der Waals surface area (Å²) in [7, 11) is 0. The Bertz CT molecular complexity index is 678. The molecule has 0 radical (unpaired) electrons. The van der Waals surface area contributed by atoms with Gasteiger partial charge in [-0.2, -0.15) is 5.10 Å². The largest absolute Gasteiger partial charge is 0.399 e. The Labute approximate surface area is 144 Å². The van der Waals surface area contributed by atoms with Crippen molar-refractivity contribution >= 4 is 33.2 Å². The van der Waals surface area contributed by atoms with Gasteiger partial charge in [-0.3, -0.25) is 4.79 Å². The van der Waals surface area contributed by atoms with Crippen molar-refractivity contribution in [2.45, 2.75) is 26.2 Å². The first-order chi connectivity index (χ1) is 11.1. The Kier molecular flexibility index (Phi) is 6.35. The lowest BCUT2D eigenvalue weighted by Crippen LogP contribution is -2.19.